The highest BCUT2D eigenvalue weighted by atomic mass is 127. The van der Waals surface area contributed by atoms with E-state index in [4.69, 9.17) is 0 Å². The van der Waals surface area contributed by atoms with Crippen LogP contribution in [-0.2, 0) is 0 Å². The molecule has 0 aromatic carbocycles. The lowest BCUT2D eigenvalue weighted by Crippen LogP contribution is -2.42. The quantitative estimate of drug-likeness (QED) is 0.284. The molecule has 0 aromatic heterocycles. The zero-order valence-electron chi connectivity index (χ0n) is 5.59. The van der Waals surface area contributed by atoms with Crippen LogP contribution in [0.5, 0.6) is 0 Å². The van der Waals surface area contributed by atoms with Crippen LogP contribution in [-0.4, -0.2) is 39.7 Å². The smallest absolute Gasteiger partial charge is 0.283 e. The van der Waals surface area contributed by atoms with Crippen molar-refractivity contribution in [3.05, 3.63) is 0 Å². The van der Waals surface area contributed by atoms with Gasteiger partial charge in [-0.25, -0.2) is 0 Å². The van der Waals surface area contributed by atoms with Crippen molar-refractivity contribution in [3.8, 4) is 0 Å². The number of rotatable bonds is 0. The topological polar surface area (TPSA) is 23.6 Å². The third-order valence-corrected chi connectivity index (χ3v) is 2.76. The Morgan fingerprint density at radius 1 is 1.30 bits per heavy atom. The first kappa shape index (κ1) is 8.68. The van der Waals surface area contributed by atoms with Crippen molar-refractivity contribution in [3.63, 3.8) is 0 Å². The van der Waals surface area contributed by atoms with Crippen molar-refractivity contribution in [2.24, 2.45) is 0 Å². The minimum Gasteiger partial charge on any atom is -0.332 e. The van der Waals surface area contributed by atoms with Crippen LogP contribution < -0.4 is 0 Å². The number of carbonyl (C=O) groups excluding carboxylic acids is 1. The SMILES string of the molecule is O=C(I)N1CCN(P)CC1. The van der Waals surface area contributed by atoms with Crippen molar-refractivity contribution >= 4 is 35.9 Å². The summed E-state index contributed by atoms with van der Waals surface area (Å²) >= 11 is 1.83. The Balaban J connectivity index is 2.33. The number of hydrogen-bond donors (Lipinski definition) is 0. The lowest BCUT2D eigenvalue weighted by Gasteiger charge is -2.30. The van der Waals surface area contributed by atoms with E-state index in [9.17, 15) is 4.79 Å². The first-order valence-electron chi connectivity index (χ1n) is 3.14. The molecule has 10 heavy (non-hydrogen) atoms. The van der Waals surface area contributed by atoms with E-state index < -0.39 is 0 Å². The zero-order chi connectivity index (χ0) is 7.56. The Labute approximate surface area is 76.5 Å². The predicted molar refractivity (Wildman–Crippen MR) is 52.3 cm³/mol. The fourth-order valence-electron chi connectivity index (χ4n) is 0.898. The number of piperazine rings is 1. The van der Waals surface area contributed by atoms with Crippen LogP contribution in [0.25, 0.3) is 0 Å². The van der Waals surface area contributed by atoms with Crippen molar-refractivity contribution < 1.29 is 4.79 Å². The first-order chi connectivity index (χ1) is 4.70. The summed E-state index contributed by atoms with van der Waals surface area (Å²) in [5.41, 5.74) is 0. The Kier molecular flexibility index (Phi) is 3.33. The van der Waals surface area contributed by atoms with Gasteiger partial charge in [-0.1, -0.05) is 9.39 Å². The van der Waals surface area contributed by atoms with Gasteiger partial charge in [-0.05, 0) is 0 Å². The number of nitrogens with zero attached hydrogens (tertiary/aromatic N) is 2. The molecule has 1 atom stereocenters. The maximum Gasteiger partial charge on any atom is 0.283 e. The van der Waals surface area contributed by atoms with E-state index in [1.54, 1.807) is 0 Å². The molecule has 3 nitrogen and oxygen atoms in total. The predicted octanol–water partition coefficient (Wildman–Crippen LogP) is 0.949. The second-order valence-electron chi connectivity index (χ2n) is 2.28. The normalized spacial score (nSPS) is 21.2. The van der Waals surface area contributed by atoms with Gasteiger partial charge in [0.15, 0.2) is 0 Å². The van der Waals surface area contributed by atoms with E-state index in [0.29, 0.717) is 0 Å². The molecule has 1 rings (SSSR count). The lowest BCUT2D eigenvalue weighted by molar-refractivity contribution is 0.201. The molecule has 1 unspecified atom stereocenters. The van der Waals surface area contributed by atoms with Gasteiger partial charge >= 0.3 is 0 Å². The second kappa shape index (κ2) is 3.83. The molecule has 1 amide bonds. The summed E-state index contributed by atoms with van der Waals surface area (Å²) in [5.74, 6) is 0. The molecular weight excluding hydrogens is 262 g/mol. The van der Waals surface area contributed by atoms with Crippen LogP contribution in [0, 0.1) is 0 Å². The molecule has 0 N–H and O–H groups in total. The number of hydrogen-bond acceptors (Lipinski definition) is 2. The van der Waals surface area contributed by atoms with Gasteiger partial charge in [0.2, 0.25) is 0 Å². The molecule has 1 heterocycles. The van der Waals surface area contributed by atoms with Gasteiger partial charge in [0.05, 0.1) is 0 Å². The van der Waals surface area contributed by atoms with Crippen LogP contribution in [0.1, 0.15) is 0 Å². The zero-order valence-corrected chi connectivity index (χ0v) is 8.90. The summed E-state index contributed by atoms with van der Waals surface area (Å²) in [7, 11) is 2.65. The highest BCUT2D eigenvalue weighted by molar-refractivity contribution is 14.1. The van der Waals surface area contributed by atoms with Gasteiger partial charge in [0.1, 0.15) is 0 Å². The van der Waals surface area contributed by atoms with Crippen molar-refractivity contribution in [1.82, 2.24) is 9.57 Å². The maximum absolute atomic E-state index is 10.8. The minimum absolute atomic E-state index is 0.163. The lowest BCUT2D eigenvalue weighted by atomic mass is 10.4. The molecule has 0 spiro atoms. The van der Waals surface area contributed by atoms with Gasteiger partial charge in [0.25, 0.3) is 3.91 Å². The Morgan fingerprint density at radius 2 is 1.80 bits per heavy atom. The van der Waals surface area contributed by atoms with E-state index >= 15 is 0 Å². The van der Waals surface area contributed by atoms with Crippen LogP contribution in [0.2, 0.25) is 0 Å². The van der Waals surface area contributed by atoms with Gasteiger partial charge in [-0.2, -0.15) is 0 Å². The average molecular weight is 272 g/mol. The van der Waals surface area contributed by atoms with E-state index in [1.807, 2.05) is 27.5 Å². The highest BCUT2D eigenvalue weighted by Crippen LogP contribution is 2.08. The molecule has 0 aliphatic carbocycles. The van der Waals surface area contributed by atoms with Crippen LogP contribution in [0.15, 0.2) is 0 Å². The third kappa shape index (κ3) is 2.32. The first-order valence-corrected chi connectivity index (χ1v) is 4.73. The standard InChI is InChI=1S/C5H10IN2OP/c6-5(9)7-1-3-8(10)4-2-7/h1-4,10H2. The summed E-state index contributed by atoms with van der Waals surface area (Å²) in [6.45, 7) is 3.68. The molecule has 1 aliphatic heterocycles. The van der Waals surface area contributed by atoms with Crippen molar-refractivity contribution in [1.29, 1.82) is 0 Å². The molecule has 1 aliphatic rings. The monoisotopic (exact) mass is 272 g/mol. The fourth-order valence-corrected chi connectivity index (χ4v) is 1.61. The van der Waals surface area contributed by atoms with E-state index in [-0.39, 0.29) is 3.91 Å². The van der Waals surface area contributed by atoms with Gasteiger partial charge in [0, 0.05) is 48.8 Å². The molecular formula is C5H10IN2OP. The van der Waals surface area contributed by atoms with Crippen LogP contribution in [0.3, 0.4) is 0 Å². The highest BCUT2D eigenvalue weighted by Gasteiger charge is 2.15. The van der Waals surface area contributed by atoms with E-state index in [1.165, 1.54) is 0 Å². The fraction of sp³-hybridized carbons (Fsp3) is 0.800. The second-order valence-corrected chi connectivity index (χ2v) is 3.93. The minimum atomic E-state index is 0.163. The molecule has 0 bridgehead atoms. The maximum atomic E-state index is 10.8. The Bertz CT molecular complexity index is 136. The summed E-state index contributed by atoms with van der Waals surface area (Å²) < 4.78 is 2.31. The van der Waals surface area contributed by atoms with E-state index in [0.717, 1.165) is 26.2 Å². The summed E-state index contributed by atoms with van der Waals surface area (Å²) in [6.07, 6.45) is 0. The van der Waals surface area contributed by atoms with E-state index in [2.05, 4.69) is 14.1 Å². The Morgan fingerprint density at radius 3 is 2.20 bits per heavy atom. The molecule has 0 saturated carbocycles. The number of amides is 1. The number of carbonyl (C=O) groups is 1. The van der Waals surface area contributed by atoms with Gasteiger partial charge in [-0.15, -0.1) is 0 Å². The van der Waals surface area contributed by atoms with Gasteiger partial charge in [-0.3, -0.25) is 9.46 Å². The molecule has 0 radical (unpaired) electrons. The molecule has 0 aromatic rings. The summed E-state index contributed by atoms with van der Waals surface area (Å²) in [4.78, 5) is 12.7. The number of halogens is 1. The average Bonchev–Trinajstić information content (AvgIpc) is 1.88. The molecule has 5 heteroatoms. The summed E-state index contributed by atoms with van der Waals surface area (Å²) in [6, 6.07) is 0. The molecule has 1 saturated heterocycles. The molecule has 58 valence electrons. The summed E-state index contributed by atoms with van der Waals surface area (Å²) in [5, 5.41) is 0. The van der Waals surface area contributed by atoms with Crippen LogP contribution in [0.4, 0.5) is 4.79 Å². The van der Waals surface area contributed by atoms with Crippen LogP contribution >= 0.6 is 32.0 Å². The van der Waals surface area contributed by atoms with Crippen molar-refractivity contribution in [2.75, 3.05) is 26.2 Å². The largest absolute Gasteiger partial charge is 0.332 e. The van der Waals surface area contributed by atoms with Crippen molar-refractivity contribution in [2.45, 2.75) is 0 Å². The third-order valence-electron chi connectivity index (χ3n) is 1.56. The van der Waals surface area contributed by atoms with Gasteiger partial charge < -0.3 is 4.90 Å². The molecule has 1 fully saturated rings. The Hall–Kier alpha value is 0.590.